The average molecular weight is 351 g/mol. The van der Waals surface area contributed by atoms with Crippen molar-refractivity contribution >= 4 is 23.7 Å². The number of hydrogen-bond acceptors (Lipinski definition) is 3. The highest BCUT2D eigenvalue weighted by Crippen LogP contribution is 2.51. The Morgan fingerprint density at radius 2 is 2.04 bits per heavy atom. The van der Waals surface area contributed by atoms with Gasteiger partial charge in [-0.05, 0) is 54.3 Å². The Hall–Kier alpha value is -2.20. The van der Waals surface area contributed by atoms with E-state index in [2.05, 4.69) is 35.6 Å². The van der Waals surface area contributed by atoms with Gasteiger partial charge < -0.3 is 10.1 Å². The second-order valence-corrected chi connectivity index (χ2v) is 8.16. The van der Waals surface area contributed by atoms with E-state index in [9.17, 15) is 4.79 Å². The molecule has 1 saturated carbocycles. The minimum absolute atomic E-state index is 0.0308. The summed E-state index contributed by atoms with van der Waals surface area (Å²) in [6.45, 7) is 1.47. The lowest BCUT2D eigenvalue weighted by molar-refractivity contribution is -0.116. The lowest BCUT2D eigenvalue weighted by Crippen LogP contribution is -2.30. The largest absolute Gasteiger partial charge is 0.493 e. The summed E-state index contributed by atoms with van der Waals surface area (Å²) in [7, 11) is 0. The zero-order valence-corrected chi connectivity index (χ0v) is 14.9. The van der Waals surface area contributed by atoms with E-state index >= 15 is 0 Å². The first-order valence-corrected chi connectivity index (χ1v) is 9.50. The summed E-state index contributed by atoms with van der Waals surface area (Å²) in [6, 6.07) is 16.5. The van der Waals surface area contributed by atoms with Gasteiger partial charge in [0.2, 0.25) is 5.91 Å². The molecule has 2 aromatic rings. The van der Waals surface area contributed by atoms with Crippen LogP contribution in [-0.2, 0) is 11.2 Å². The minimum Gasteiger partial charge on any atom is -0.493 e. The van der Waals surface area contributed by atoms with Gasteiger partial charge in [-0.3, -0.25) is 4.79 Å². The number of carbonyl (C=O) groups is 1. The Bertz CT molecular complexity index is 797. The van der Waals surface area contributed by atoms with Crippen LogP contribution in [0.2, 0.25) is 0 Å². The van der Waals surface area contributed by atoms with Crippen molar-refractivity contribution in [3.63, 3.8) is 0 Å². The fraction of sp³-hybridized carbons (Fsp3) is 0.286. The van der Waals surface area contributed by atoms with Crippen LogP contribution in [0, 0.1) is 0 Å². The summed E-state index contributed by atoms with van der Waals surface area (Å²) in [5.41, 5.74) is 2.26. The molecule has 1 N–H and O–H groups in total. The van der Waals surface area contributed by atoms with Crippen LogP contribution in [0.3, 0.4) is 0 Å². The van der Waals surface area contributed by atoms with Crippen molar-refractivity contribution in [1.82, 2.24) is 5.32 Å². The van der Waals surface area contributed by atoms with Crippen LogP contribution in [0.25, 0.3) is 6.08 Å². The molecule has 0 saturated heterocycles. The third-order valence-corrected chi connectivity index (χ3v) is 6.10. The summed E-state index contributed by atoms with van der Waals surface area (Å²) in [5.74, 6) is 0.937. The van der Waals surface area contributed by atoms with Crippen LogP contribution in [-0.4, -0.2) is 23.8 Å². The van der Waals surface area contributed by atoms with Crippen molar-refractivity contribution < 1.29 is 9.53 Å². The molecule has 1 amide bonds. The smallest absolute Gasteiger partial charge is 0.244 e. The van der Waals surface area contributed by atoms with Crippen molar-refractivity contribution in [2.45, 2.75) is 28.9 Å². The van der Waals surface area contributed by atoms with E-state index < -0.39 is 0 Å². The van der Waals surface area contributed by atoms with E-state index in [4.69, 9.17) is 4.74 Å². The molecular weight excluding hydrogens is 330 g/mol. The molecule has 0 bridgehead atoms. The van der Waals surface area contributed by atoms with Crippen LogP contribution < -0.4 is 10.1 Å². The van der Waals surface area contributed by atoms with Crippen LogP contribution >= 0.6 is 11.8 Å². The fourth-order valence-electron chi connectivity index (χ4n) is 2.98. The maximum Gasteiger partial charge on any atom is 0.244 e. The Morgan fingerprint density at radius 3 is 2.84 bits per heavy atom. The summed E-state index contributed by atoms with van der Waals surface area (Å²) in [5, 5.41) is 3.06. The first-order valence-electron chi connectivity index (χ1n) is 8.68. The van der Waals surface area contributed by atoms with Gasteiger partial charge in [0, 0.05) is 28.7 Å². The van der Waals surface area contributed by atoms with Crippen LogP contribution in [0.15, 0.2) is 59.5 Å². The maximum absolute atomic E-state index is 12.1. The fourth-order valence-corrected chi connectivity index (χ4v) is 4.23. The SMILES string of the molecule is O=C(C=Cc1ccc2c(c1)CCO2)NCC1(Sc2ccccc2)CC1. The van der Waals surface area contributed by atoms with Crippen LogP contribution in [0.4, 0.5) is 0 Å². The summed E-state index contributed by atoms with van der Waals surface area (Å²) < 4.78 is 5.68. The number of rotatable bonds is 6. The van der Waals surface area contributed by atoms with E-state index in [1.54, 1.807) is 6.08 Å². The minimum atomic E-state index is -0.0308. The number of thioether (sulfide) groups is 1. The van der Waals surface area contributed by atoms with E-state index in [1.807, 2.05) is 36.0 Å². The molecule has 0 radical (unpaired) electrons. The molecule has 1 aliphatic heterocycles. The molecule has 1 fully saturated rings. The average Bonchev–Trinajstić information content (AvgIpc) is 3.24. The van der Waals surface area contributed by atoms with E-state index in [0.29, 0.717) is 6.54 Å². The van der Waals surface area contributed by atoms with Crippen molar-refractivity contribution in [1.29, 1.82) is 0 Å². The maximum atomic E-state index is 12.1. The first-order chi connectivity index (χ1) is 12.2. The molecule has 4 rings (SSSR count). The number of nitrogens with one attached hydrogen (secondary N) is 1. The van der Waals surface area contributed by atoms with Crippen molar-refractivity contribution in [3.05, 3.63) is 65.7 Å². The molecule has 0 aromatic heterocycles. The predicted molar refractivity (Wildman–Crippen MR) is 102 cm³/mol. The highest BCUT2D eigenvalue weighted by atomic mass is 32.2. The summed E-state index contributed by atoms with van der Waals surface area (Å²) in [4.78, 5) is 13.4. The van der Waals surface area contributed by atoms with Gasteiger partial charge in [0.1, 0.15) is 5.75 Å². The van der Waals surface area contributed by atoms with Crippen LogP contribution in [0.1, 0.15) is 24.0 Å². The number of carbonyl (C=O) groups excluding carboxylic acids is 1. The Balaban J connectivity index is 1.30. The lowest BCUT2D eigenvalue weighted by Gasteiger charge is -2.15. The second-order valence-electron chi connectivity index (χ2n) is 6.61. The van der Waals surface area contributed by atoms with E-state index in [-0.39, 0.29) is 10.7 Å². The highest BCUT2D eigenvalue weighted by Gasteiger charge is 2.43. The molecule has 25 heavy (non-hydrogen) atoms. The van der Waals surface area contributed by atoms with Crippen molar-refractivity contribution in [2.75, 3.05) is 13.2 Å². The monoisotopic (exact) mass is 351 g/mol. The first kappa shape index (κ1) is 16.3. The zero-order chi connectivity index (χ0) is 17.1. The summed E-state index contributed by atoms with van der Waals surface area (Å²) >= 11 is 1.87. The van der Waals surface area contributed by atoms with Gasteiger partial charge in [-0.15, -0.1) is 11.8 Å². The number of hydrogen-bond donors (Lipinski definition) is 1. The quantitative estimate of drug-likeness (QED) is 0.797. The standard InChI is InChI=1S/C21H21NO2S/c23-20(9-7-16-6-8-19-17(14-16)10-13-24-19)22-15-21(11-12-21)25-18-4-2-1-3-5-18/h1-9,14H,10-13,15H2,(H,22,23). The molecule has 0 unspecified atom stereocenters. The molecule has 4 heteroatoms. The molecule has 0 atom stereocenters. The van der Waals surface area contributed by atoms with Gasteiger partial charge in [-0.25, -0.2) is 0 Å². The van der Waals surface area contributed by atoms with Crippen molar-refractivity contribution in [3.8, 4) is 5.75 Å². The number of benzene rings is 2. The van der Waals surface area contributed by atoms with Gasteiger partial charge in [0.15, 0.2) is 0 Å². The highest BCUT2D eigenvalue weighted by molar-refractivity contribution is 8.01. The van der Waals surface area contributed by atoms with Gasteiger partial charge in [-0.2, -0.15) is 0 Å². The topological polar surface area (TPSA) is 38.3 Å². The Kier molecular flexibility index (Phi) is 4.53. The van der Waals surface area contributed by atoms with Gasteiger partial charge in [-0.1, -0.05) is 24.3 Å². The second kappa shape index (κ2) is 6.96. The molecule has 1 aliphatic carbocycles. The van der Waals surface area contributed by atoms with Crippen molar-refractivity contribution in [2.24, 2.45) is 0 Å². The number of fused-ring (bicyclic) bond motifs is 1. The Labute approximate surface area is 152 Å². The lowest BCUT2D eigenvalue weighted by atomic mass is 10.1. The normalized spacial score (nSPS) is 17.1. The molecule has 2 aliphatic rings. The molecule has 0 spiro atoms. The van der Waals surface area contributed by atoms with E-state index in [1.165, 1.54) is 10.5 Å². The third-order valence-electron chi connectivity index (χ3n) is 4.61. The van der Waals surface area contributed by atoms with Gasteiger partial charge in [0.25, 0.3) is 0 Å². The molecule has 3 nitrogen and oxygen atoms in total. The molecule has 128 valence electrons. The Morgan fingerprint density at radius 1 is 1.20 bits per heavy atom. The third kappa shape index (κ3) is 4.07. The number of amides is 1. The van der Waals surface area contributed by atoms with E-state index in [0.717, 1.165) is 37.2 Å². The number of ether oxygens (including phenoxy) is 1. The van der Waals surface area contributed by atoms with Gasteiger partial charge >= 0.3 is 0 Å². The van der Waals surface area contributed by atoms with Gasteiger partial charge in [0.05, 0.1) is 6.61 Å². The molecule has 1 heterocycles. The zero-order valence-electron chi connectivity index (χ0n) is 14.0. The summed E-state index contributed by atoms with van der Waals surface area (Å²) in [6.07, 6.45) is 6.75. The molecular formula is C21H21NO2S. The molecule has 2 aromatic carbocycles. The van der Waals surface area contributed by atoms with Crippen LogP contribution in [0.5, 0.6) is 5.75 Å². The predicted octanol–water partition coefficient (Wildman–Crippen LogP) is 4.08.